The van der Waals surface area contributed by atoms with Crippen LogP contribution < -0.4 is 0 Å². The highest BCUT2D eigenvalue weighted by atomic mass is 33.1. The highest BCUT2D eigenvalue weighted by Crippen LogP contribution is 2.33. The molecule has 1 unspecified atom stereocenters. The Bertz CT molecular complexity index is 620. The van der Waals surface area contributed by atoms with Crippen LogP contribution in [0.1, 0.15) is 78.1 Å². The topological polar surface area (TPSA) is 3.24 Å². The third-order valence-corrected chi connectivity index (χ3v) is 10.6. The molecule has 0 aliphatic rings. The minimum atomic E-state index is 0.698. The molecule has 0 saturated heterocycles. The van der Waals surface area contributed by atoms with E-state index in [4.69, 9.17) is 0 Å². The molecule has 0 aliphatic carbocycles. The highest BCUT2D eigenvalue weighted by Gasteiger charge is 2.11. The van der Waals surface area contributed by atoms with Crippen LogP contribution in [0.15, 0.2) is 72.9 Å². The summed E-state index contributed by atoms with van der Waals surface area (Å²) in [5.41, 5.74) is 0. The zero-order valence-corrected chi connectivity index (χ0v) is 26.8. The van der Waals surface area contributed by atoms with E-state index in [-0.39, 0.29) is 0 Å². The average molecular weight is 568 g/mol. The first-order valence-electron chi connectivity index (χ1n) is 13.8. The molecule has 1 atom stereocenters. The second kappa shape index (κ2) is 31.0. The van der Waals surface area contributed by atoms with Crippen LogP contribution in [0, 0.1) is 0 Å². The van der Waals surface area contributed by atoms with Crippen LogP contribution in [-0.2, 0) is 0 Å². The van der Waals surface area contributed by atoms with Crippen molar-refractivity contribution in [2.45, 2.75) is 83.3 Å². The van der Waals surface area contributed by atoms with Crippen LogP contribution in [0.2, 0.25) is 0 Å². The zero-order chi connectivity index (χ0) is 26.4. The number of nitrogens with zero attached hydrogens (tertiary/aromatic N) is 1. The van der Waals surface area contributed by atoms with Crippen LogP contribution in [-0.4, -0.2) is 48.0 Å². The minimum Gasteiger partial charge on any atom is -0.308 e. The molecule has 0 heterocycles. The Balaban J connectivity index is 3.75. The van der Waals surface area contributed by atoms with Crippen LogP contribution in [0.5, 0.6) is 0 Å². The van der Waals surface area contributed by atoms with E-state index in [0.717, 1.165) is 45.1 Å². The molecule has 0 fully saturated rings. The molecule has 0 rings (SSSR count). The molecule has 0 aromatic carbocycles. The lowest BCUT2D eigenvalue weighted by atomic mass is 10.2. The van der Waals surface area contributed by atoms with Gasteiger partial charge < -0.3 is 4.90 Å². The summed E-state index contributed by atoms with van der Waals surface area (Å²) < 4.78 is 0. The third kappa shape index (κ3) is 30.0. The number of rotatable bonds is 25. The molecule has 0 aliphatic heterocycles. The van der Waals surface area contributed by atoms with Gasteiger partial charge in [-0.25, -0.2) is 0 Å². The maximum Gasteiger partial charge on any atom is 0.0377 e. The quantitative estimate of drug-likeness (QED) is 0.0611. The fourth-order valence-corrected chi connectivity index (χ4v) is 8.78. The molecule has 0 saturated carbocycles. The first-order valence-corrected chi connectivity index (χ1v) is 18.6. The van der Waals surface area contributed by atoms with Gasteiger partial charge in [0.25, 0.3) is 0 Å². The SMILES string of the molecule is CC/C=C\C/C=C\C/C=C\CCCSSCC(CN(C)C)SSCCC/C=C\C/C=C\C/C=C\CC. The van der Waals surface area contributed by atoms with E-state index in [0.29, 0.717) is 5.25 Å². The van der Waals surface area contributed by atoms with Gasteiger partial charge in [-0.05, 0) is 78.3 Å². The summed E-state index contributed by atoms with van der Waals surface area (Å²) in [5, 5.41) is 0.698. The maximum atomic E-state index is 2.35. The lowest BCUT2D eigenvalue weighted by molar-refractivity contribution is 0.415. The van der Waals surface area contributed by atoms with Crippen molar-refractivity contribution >= 4 is 43.2 Å². The van der Waals surface area contributed by atoms with Crippen molar-refractivity contribution in [3.63, 3.8) is 0 Å². The van der Waals surface area contributed by atoms with Gasteiger partial charge in [0.2, 0.25) is 0 Å². The van der Waals surface area contributed by atoms with Crippen LogP contribution in [0.4, 0.5) is 0 Å². The zero-order valence-electron chi connectivity index (χ0n) is 23.5. The van der Waals surface area contributed by atoms with E-state index in [1.807, 2.05) is 0 Å². The van der Waals surface area contributed by atoms with Gasteiger partial charge in [-0.2, -0.15) is 0 Å². The second-order valence-electron chi connectivity index (χ2n) is 8.78. The summed E-state index contributed by atoms with van der Waals surface area (Å²) in [6, 6.07) is 0. The largest absolute Gasteiger partial charge is 0.308 e. The molecule has 1 nitrogen and oxygen atoms in total. The van der Waals surface area contributed by atoms with Gasteiger partial charge in [-0.3, -0.25) is 0 Å². The number of hydrogen-bond acceptors (Lipinski definition) is 5. The molecular weight excluding hydrogens is 515 g/mol. The van der Waals surface area contributed by atoms with Crippen LogP contribution >= 0.6 is 43.2 Å². The number of unbranched alkanes of at least 4 members (excludes halogenated alkanes) is 2. The van der Waals surface area contributed by atoms with Gasteiger partial charge in [0, 0.05) is 29.1 Å². The number of hydrogen-bond donors (Lipinski definition) is 0. The van der Waals surface area contributed by atoms with Crippen molar-refractivity contribution < 1.29 is 0 Å². The van der Waals surface area contributed by atoms with E-state index in [9.17, 15) is 0 Å². The molecule has 0 aromatic rings. The highest BCUT2D eigenvalue weighted by molar-refractivity contribution is 8.78. The summed E-state index contributed by atoms with van der Waals surface area (Å²) in [6.07, 6.45) is 38.7. The van der Waals surface area contributed by atoms with E-state index in [2.05, 4.69) is 149 Å². The Hall–Kier alpha value is -0.200. The summed E-state index contributed by atoms with van der Waals surface area (Å²) >= 11 is 0. The average Bonchev–Trinajstić information content (AvgIpc) is 2.86. The van der Waals surface area contributed by atoms with Crippen molar-refractivity contribution in [2.75, 3.05) is 37.9 Å². The minimum absolute atomic E-state index is 0.698. The Kier molecular flexibility index (Phi) is 30.8. The molecular formula is C31H53NS4. The normalized spacial score (nSPS) is 13.9. The summed E-state index contributed by atoms with van der Waals surface area (Å²) in [4.78, 5) is 2.33. The van der Waals surface area contributed by atoms with Gasteiger partial charge >= 0.3 is 0 Å². The smallest absolute Gasteiger partial charge is 0.0377 e. The summed E-state index contributed by atoms with van der Waals surface area (Å²) in [5.74, 6) is 3.72. The Morgan fingerprint density at radius 3 is 1.47 bits per heavy atom. The molecule has 0 radical (unpaired) electrons. The first kappa shape index (κ1) is 35.8. The Morgan fingerprint density at radius 1 is 0.556 bits per heavy atom. The lowest BCUT2D eigenvalue weighted by Gasteiger charge is -2.19. The predicted molar refractivity (Wildman–Crippen MR) is 180 cm³/mol. The van der Waals surface area contributed by atoms with Gasteiger partial charge in [0.15, 0.2) is 0 Å². The van der Waals surface area contributed by atoms with E-state index >= 15 is 0 Å². The van der Waals surface area contributed by atoms with Crippen molar-refractivity contribution in [2.24, 2.45) is 0 Å². The first-order chi connectivity index (χ1) is 17.7. The van der Waals surface area contributed by atoms with E-state index < -0.39 is 0 Å². The van der Waals surface area contributed by atoms with Crippen LogP contribution in [0.3, 0.4) is 0 Å². The molecule has 0 aromatic heterocycles. The Labute approximate surface area is 241 Å². The van der Waals surface area contributed by atoms with Crippen molar-refractivity contribution in [1.82, 2.24) is 4.90 Å². The number of allylic oxidation sites excluding steroid dienone is 12. The van der Waals surface area contributed by atoms with Gasteiger partial charge in [-0.15, -0.1) is 0 Å². The van der Waals surface area contributed by atoms with Crippen molar-refractivity contribution in [1.29, 1.82) is 0 Å². The maximum absolute atomic E-state index is 2.35. The summed E-state index contributed by atoms with van der Waals surface area (Å²) in [6.45, 7) is 5.52. The molecule has 36 heavy (non-hydrogen) atoms. The Morgan fingerprint density at radius 2 is 1.00 bits per heavy atom. The van der Waals surface area contributed by atoms with Gasteiger partial charge in [-0.1, -0.05) is 130 Å². The van der Waals surface area contributed by atoms with Crippen molar-refractivity contribution in [3.8, 4) is 0 Å². The fraction of sp³-hybridized carbons (Fsp3) is 0.613. The van der Waals surface area contributed by atoms with Gasteiger partial charge in [0.05, 0.1) is 0 Å². The third-order valence-electron chi connectivity index (χ3n) is 4.87. The molecule has 0 amide bonds. The molecule has 5 heteroatoms. The molecule has 0 bridgehead atoms. The van der Waals surface area contributed by atoms with E-state index in [1.165, 1.54) is 42.9 Å². The predicted octanol–water partition coefficient (Wildman–Crippen LogP) is 11.0. The monoisotopic (exact) mass is 567 g/mol. The lowest BCUT2D eigenvalue weighted by Crippen LogP contribution is -2.24. The molecule has 206 valence electrons. The second-order valence-corrected chi connectivity index (χ2v) is 14.2. The molecule has 0 N–H and O–H groups in total. The summed E-state index contributed by atoms with van der Waals surface area (Å²) in [7, 11) is 12.7. The van der Waals surface area contributed by atoms with E-state index in [1.54, 1.807) is 0 Å². The standard InChI is InChI=1S/C31H53NS4/c1-5-7-9-11-13-15-17-19-21-23-25-27-33-35-30-31(29-32(3)4)36-34-28-26-24-22-20-18-16-14-12-10-8-6-2/h7-10,13-16,19-22,31H,5-6,11-12,17-18,23-30H2,1-4H3/b9-7-,10-8-,15-13-,16-14-,21-19-,22-20-. The molecule has 0 spiro atoms. The fourth-order valence-electron chi connectivity index (χ4n) is 3.02. The van der Waals surface area contributed by atoms with Crippen molar-refractivity contribution in [3.05, 3.63) is 72.9 Å². The van der Waals surface area contributed by atoms with Crippen LogP contribution in [0.25, 0.3) is 0 Å². The van der Waals surface area contributed by atoms with Gasteiger partial charge in [0.1, 0.15) is 0 Å².